The standard InChI is InChI=1S/C36H33NO7/c1-2-41-30-21-26(13-15-29(30)44-23-25-11-7-4-8-12-25)33-32(34(38)27-14-16-28-31(22-27)43-20-19-42-28)35(39)36(40)37(33)18-17-24-9-5-3-6-10-24/h3-16,21-22,33,38H,2,17-20,23H2,1H3/b34-32+/t33-/m1/s1. The Kier molecular flexibility index (Phi) is 8.50. The zero-order valence-electron chi connectivity index (χ0n) is 24.4. The predicted molar refractivity (Wildman–Crippen MR) is 165 cm³/mol. The van der Waals surface area contributed by atoms with Gasteiger partial charge in [-0.1, -0.05) is 66.7 Å². The number of Topliss-reactive ketones (excluding diaryl/α,β-unsaturated/α-hetero) is 1. The number of hydrogen-bond donors (Lipinski definition) is 1. The number of likely N-dealkylation sites (tertiary alicyclic amines) is 1. The van der Waals surface area contributed by atoms with Gasteiger partial charge < -0.3 is 29.0 Å². The Bertz CT molecular complexity index is 1680. The Morgan fingerprint density at radius 3 is 2.25 bits per heavy atom. The van der Waals surface area contributed by atoms with Gasteiger partial charge in [0.2, 0.25) is 0 Å². The van der Waals surface area contributed by atoms with Crippen LogP contribution in [0.25, 0.3) is 5.76 Å². The molecule has 44 heavy (non-hydrogen) atoms. The van der Waals surface area contributed by atoms with Crippen molar-refractivity contribution in [3.8, 4) is 23.0 Å². The third kappa shape index (κ3) is 5.97. The molecule has 2 aliphatic rings. The van der Waals surface area contributed by atoms with Crippen molar-refractivity contribution >= 4 is 17.4 Å². The van der Waals surface area contributed by atoms with E-state index in [9.17, 15) is 14.7 Å². The Morgan fingerprint density at radius 1 is 0.818 bits per heavy atom. The number of benzene rings is 4. The normalized spacial score (nSPS) is 17.0. The molecule has 2 aliphatic heterocycles. The Morgan fingerprint density at radius 2 is 1.52 bits per heavy atom. The smallest absolute Gasteiger partial charge is 0.295 e. The number of carbonyl (C=O) groups is 2. The van der Waals surface area contributed by atoms with E-state index in [1.165, 1.54) is 4.90 Å². The van der Waals surface area contributed by atoms with Crippen molar-refractivity contribution in [3.63, 3.8) is 0 Å². The number of rotatable bonds is 10. The van der Waals surface area contributed by atoms with Crippen LogP contribution in [0, 0.1) is 0 Å². The van der Waals surface area contributed by atoms with Crippen LogP contribution in [0.15, 0.2) is 103 Å². The van der Waals surface area contributed by atoms with Crippen LogP contribution in [0.4, 0.5) is 0 Å². The van der Waals surface area contributed by atoms with E-state index in [0.717, 1.165) is 11.1 Å². The van der Waals surface area contributed by atoms with Crippen LogP contribution in [0.3, 0.4) is 0 Å². The molecule has 2 heterocycles. The highest BCUT2D eigenvalue weighted by atomic mass is 16.6. The number of nitrogens with zero attached hydrogens (tertiary/aromatic N) is 1. The lowest BCUT2D eigenvalue weighted by atomic mass is 9.94. The van der Waals surface area contributed by atoms with Gasteiger partial charge in [-0.25, -0.2) is 0 Å². The van der Waals surface area contributed by atoms with E-state index in [-0.39, 0.29) is 17.9 Å². The van der Waals surface area contributed by atoms with E-state index in [0.29, 0.717) is 67.0 Å². The van der Waals surface area contributed by atoms with E-state index < -0.39 is 17.7 Å². The van der Waals surface area contributed by atoms with Gasteiger partial charge in [-0.15, -0.1) is 0 Å². The zero-order chi connectivity index (χ0) is 30.5. The lowest BCUT2D eigenvalue weighted by Gasteiger charge is -2.26. The number of carbonyl (C=O) groups excluding carboxylic acids is 2. The summed E-state index contributed by atoms with van der Waals surface area (Å²) < 4.78 is 23.4. The number of hydrogen-bond acceptors (Lipinski definition) is 7. The molecule has 6 rings (SSSR count). The van der Waals surface area contributed by atoms with E-state index in [2.05, 4.69) is 0 Å². The molecule has 1 saturated heterocycles. The van der Waals surface area contributed by atoms with Gasteiger partial charge in [0.15, 0.2) is 23.0 Å². The number of aliphatic hydroxyl groups is 1. The van der Waals surface area contributed by atoms with E-state index in [4.69, 9.17) is 18.9 Å². The fourth-order valence-electron chi connectivity index (χ4n) is 5.52. The first-order valence-corrected chi connectivity index (χ1v) is 14.7. The van der Waals surface area contributed by atoms with Crippen LogP contribution in [-0.4, -0.2) is 48.1 Å². The van der Waals surface area contributed by atoms with Crippen molar-refractivity contribution in [1.82, 2.24) is 4.90 Å². The van der Waals surface area contributed by atoms with Gasteiger partial charge in [-0.05, 0) is 60.4 Å². The SMILES string of the molecule is CCOc1cc([C@@H]2/C(=C(\O)c3ccc4c(c3)OCCO4)C(=O)C(=O)N2CCc2ccccc2)ccc1OCc1ccccc1. The molecular formula is C36H33NO7. The highest BCUT2D eigenvalue weighted by molar-refractivity contribution is 6.46. The average molecular weight is 592 g/mol. The monoisotopic (exact) mass is 591 g/mol. The van der Waals surface area contributed by atoms with Gasteiger partial charge in [0, 0.05) is 12.1 Å². The van der Waals surface area contributed by atoms with Gasteiger partial charge >= 0.3 is 0 Å². The third-order valence-electron chi connectivity index (χ3n) is 7.66. The van der Waals surface area contributed by atoms with Crippen LogP contribution in [0.5, 0.6) is 23.0 Å². The molecule has 4 aromatic rings. The van der Waals surface area contributed by atoms with Crippen molar-refractivity contribution < 1.29 is 33.6 Å². The molecule has 0 unspecified atom stereocenters. The van der Waals surface area contributed by atoms with Crippen LogP contribution in [-0.2, 0) is 22.6 Å². The number of fused-ring (bicyclic) bond motifs is 1. The number of ketones is 1. The maximum Gasteiger partial charge on any atom is 0.295 e. The van der Waals surface area contributed by atoms with E-state index in [1.54, 1.807) is 30.3 Å². The molecule has 0 radical (unpaired) electrons. The van der Waals surface area contributed by atoms with E-state index in [1.807, 2.05) is 73.7 Å². The second-order valence-corrected chi connectivity index (χ2v) is 10.5. The lowest BCUT2D eigenvalue weighted by molar-refractivity contribution is -0.139. The highest BCUT2D eigenvalue weighted by Gasteiger charge is 2.46. The van der Waals surface area contributed by atoms with Gasteiger partial charge in [0.1, 0.15) is 25.6 Å². The van der Waals surface area contributed by atoms with Gasteiger partial charge in [0.05, 0.1) is 18.2 Å². The molecule has 1 N–H and O–H groups in total. The maximum absolute atomic E-state index is 13.6. The van der Waals surface area contributed by atoms with Crippen molar-refractivity contribution in [3.05, 3.63) is 125 Å². The highest BCUT2D eigenvalue weighted by Crippen LogP contribution is 2.43. The average Bonchev–Trinajstić information content (AvgIpc) is 3.32. The summed E-state index contributed by atoms with van der Waals surface area (Å²) in [4.78, 5) is 28.7. The lowest BCUT2D eigenvalue weighted by Crippen LogP contribution is -2.31. The summed E-state index contributed by atoms with van der Waals surface area (Å²) in [6, 6.07) is 29.1. The van der Waals surface area contributed by atoms with Crippen LogP contribution in [0.1, 0.15) is 35.2 Å². The summed E-state index contributed by atoms with van der Waals surface area (Å²) in [6.45, 7) is 3.68. The largest absolute Gasteiger partial charge is 0.507 e. The number of aliphatic hydroxyl groups excluding tert-OH is 1. The summed E-state index contributed by atoms with van der Waals surface area (Å²) in [7, 11) is 0. The van der Waals surface area contributed by atoms with Crippen molar-refractivity contribution in [1.29, 1.82) is 0 Å². The summed E-state index contributed by atoms with van der Waals surface area (Å²) in [5.41, 5.74) is 3.01. The molecule has 1 fully saturated rings. The molecule has 224 valence electrons. The first-order chi connectivity index (χ1) is 21.5. The zero-order valence-corrected chi connectivity index (χ0v) is 24.4. The topological polar surface area (TPSA) is 94.5 Å². The summed E-state index contributed by atoms with van der Waals surface area (Å²) in [6.07, 6.45) is 0.533. The van der Waals surface area contributed by atoms with Gasteiger partial charge in [-0.2, -0.15) is 0 Å². The summed E-state index contributed by atoms with van der Waals surface area (Å²) in [5, 5.41) is 11.6. The molecular weight excluding hydrogens is 558 g/mol. The molecule has 8 nitrogen and oxygen atoms in total. The minimum Gasteiger partial charge on any atom is -0.507 e. The Hall–Kier alpha value is -5.24. The summed E-state index contributed by atoms with van der Waals surface area (Å²) >= 11 is 0. The quantitative estimate of drug-likeness (QED) is 0.135. The molecule has 8 heteroatoms. The van der Waals surface area contributed by atoms with Gasteiger partial charge in [-0.3, -0.25) is 9.59 Å². The first kappa shape index (κ1) is 28.9. The fraction of sp³-hybridized carbons (Fsp3) is 0.222. The van der Waals surface area contributed by atoms with Crippen LogP contribution in [0.2, 0.25) is 0 Å². The minimum atomic E-state index is -0.853. The predicted octanol–water partition coefficient (Wildman–Crippen LogP) is 6.10. The van der Waals surface area contributed by atoms with Crippen molar-refractivity contribution in [2.75, 3.05) is 26.4 Å². The van der Waals surface area contributed by atoms with Crippen LogP contribution < -0.4 is 18.9 Å². The number of ether oxygens (including phenoxy) is 4. The molecule has 4 aromatic carbocycles. The van der Waals surface area contributed by atoms with Crippen molar-refractivity contribution in [2.45, 2.75) is 26.0 Å². The molecule has 1 amide bonds. The van der Waals surface area contributed by atoms with Gasteiger partial charge in [0.25, 0.3) is 11.7 Å². The second-order valence-electron chi connectivity index (χ2n) is 10.5. The maximum atomic E-state index is 13.6. The Balaban J connectivity index is 1.40. The molecule has 1 atom stereocenters. The second kappa shape index (κ2) is 13.0. The third-order valence-corrected chi connectivity index (χ3v) is 7.66. The fourth-order valence-corrected chi connectivity index (χ4v) is 5.52. The molecule has 0 spiro atoms. The molecule has 0 saturated carbocycles. The first-order valence-electron chi connectivity index (χ1n) is 14.7. The van der Waals surface area contributed by atoms with E-state index >= 15 is 0 Å². The van der Waals surface area contributed by atoms with Crippen molar-refractivity contribution in [2.24, 2.45) is 0 Å². The molecule has 0 bridgehead atoms. The Labute approximate surface area is 256 Å². The number of amides is 1. The molecule has 0 aliphatic carbocycles. The van der Waals surface area contributed by atoms with Crippen LogP contribution >= 0.6 is 0 Å². The summed E-state index contributed by atoms with van der Waals surface area (Å²) in [5.74, 6) is 0.329. The minimum absolute atomic E-state index is 0.000131. The molecule has 0 aromatic heterocycles.